The Kier molecular flexibility index (Phi) is 6.53. The zero-order valence-corrected chi connectivity index (χ0v) is 13.7. The molecule has 0 unspecified atom stereocenters. The lowest BCUT2D eigenvalue weighted by molar-refractivity contribution is -0.123. The minimum atomic E-state index is -0.712. The Labute approximate surface area is 144 Å². The third-order valence-electron chi connectivity index (χ3n) is 3.15. The molecule has 2 N–H and O–H groups in total. The number of hydrogen-bond acceptors (Lipinski definition) is 5. The van der Waals surface area contributed by atoms with E-state index in [1.165, 1.54) is 7.05 Å². The number of imide groups is 1. The Balaban J connectivity index is 1.81. The van der Waals surface area contributed by atoms with Crippen LogP contribution in [0.2, 0.25) is 0 Å². The van der Waals surface area contributed by atoms with Crippen LogP contribution in [0.25, 0.3) is 0 Å². The first kappa shape index (κ1) is 18.0. The fourth-order valence-corrected chi connectivity index (χ4v) is 1.87. The van der Waals surface area contributed by atoms with Gasteiger partial charge >= 0.3 is 12.0 Å². The molecule has 2 rings (SSSR count). The van der Waals surface area contributed by atoms with Gasteiger partial charge in [0.05, 0.1) is 5.56 Å². The summed E-state index contributed by atoms with van der Waals surface area (Å²) in [6, 6.07) is 15.4. The van der Waals surface area contributed by atoms with Crippen LogP contribution in [0.1, 0.15) is 15.9 Å². The SMILES string of the molecule is CNC(=O)NC(=O)COC(=O)c1ccc(OCc2ccccc2)cc1. The molecule has 130 valence electrons. The number of carbonyl (C=O) groups excluding carboxylic acids is 3. The van der Waals surface area contributed by atoms with E-state index < -0.39 is 24.5 Å². The molecule has 25 heavy (non-hydrogen) atoms. The fraction of sp³-hybridized carbons (Fsp3) is 0.167. The molecule has 0 aromatic heterocycles. The molecular weight excluding hydrogens is 324 g/mol. The number of amides is 3. The van der Waals surface area contributed by atoms with E-state index in [9.17, 15) is 14.4 Å². The number of esters is 1. The molecule has 0 heterocycles. The summed E-state index contributed by atoms with van der Waals surface area (Å²) in [4.78, 5) is 34.1. The van der Waals surface area contributed by atoms with Crippen molar-refractivity contribution in [1.82, 2.24) is 10.6 Å². The van der Waals surface area contributed by atoms with Gasteiger partial charge in [-0.25, -0.2) is 9.59 Å². The Morgan fingerprint density at radius 1 is 0.960 bits per heavy atom. The highest BCUT2D eigenvalue weighted by atomic mass is 16.5. The van der Waals surface area contributed by atoms with Crippen molar-refractivity contribution in [2.24, 2.45) is 0 Å². The van der Waals surface area contributed by atoms with Crippen molar-refractivity contribution in [3.63, 3.8) is 0 Å². The van der Waals surface area contributed by atoms with Crippen LogP contribution in [0.3, 0.4) is 0 Å². The minimum absolute atomic E-state index is 0.278. The average molecular weight is 342 g/mol. The maximum Gasteiger partial charge on any atom is 0.338 e. The first-order valence-electron chi connectivity index (χ1n) is 7.54. The van der Waals surface area contributed by atoms with Crippen molar-refractivity contribution in [3.8, 4) is 5.75 Å². The van der Waals surface area contributed by atoms with Gasteiger partial charge in [-0.05, 0) is 29.8 Å². The third kappa shape index (κ3) is 5.98. The van der Waals surface area contributed by atoms with E-state index in [-0.39, 0.29) is 5.56 Å². The predicted octanol–water partition coefficient (Wildman–Crippen LogP) is 1.88. The van der Waals surface area contributed by atoms with Gasteiger partial charge in [0.25, 0.3) is 5.91 Å². The molecule has 0 saturated heterocycles. The summed E-state index contributed by atoms with van der Waals surface area (Å²) in [5.74, 6) is -0.769. The van der Waals surface area contributed by atoms with Crippen molar-refractivity contribution in [3.05, 3.63) is 65.7 Å². The predicted molar refractivity (Wildman–Crippen MR) is 90.1 cm³/mol. The van der Waals surface area contributed by atoms with E-state index >= 15 is 0 Å². The van der Waals surface area contributed by atoms with E-state index in [0.717, 1.165) is 5.56 Å². The van der Waals surface area contributed by atoms with Crippen molar-refractivity contribution in [1.29, 1.82) is 0 Å². The van der Waals surface area contributed by atoms with E-state index in [1.807, 2.05) is 35.6 Å². The molecule has 0 aliphatic carbocycles. The first-order chi connectivity index (χ1) is 12.1. The number of rotatable bonds is 6. The molecule has 0 fully saturated rings. The minimum Gasteiger partial charge on any atom is -0.489 e. The fourth-order valence-electron chi connectivity index (χ4n) is 1.87. The van der Waals surface area contributed by atoms with Gasteiger partial charge in [-0.1, -0.05) is 30.3 Å². The normalized spacial score (nSPS) is 9.80. The standard InChI is InChI=1S/C18H18N2O5/c1-19-18(23)20-16(21)12-25-17(22)14-7-9-15(10-8-14)24-11-13-5-3-2-4-6-13/h2-10H,11-12H2,1H3,(H2,19,20,21,23). The monoisotopic (exact) mass is 342 g/mol. The second-order valence-electron chi connectivity index (χ2n) is 5.00. The van der Waals surface area contributed by atoms with Gasteiger partial charge in [-0.2, -0.15) is 0 Å². The molecule has 0 saturated carbocycles. The maximum absolute atomic E-state index is 11.9. The maximum atomic E-state index is 11.9. The Morgan fingerprint density at radius 3 is 2.28 bits per heavy atom. The molecule has 0 radical (unpaired) electrons. The highest BCUT2D eigenvalue weighted by Crippen LogP contribution is 2.14. The Hall–Kier alpha value is -3.35. The summed E-state index contributed by atoms with van der Waals surface area (Å²) in [6.45, 7) is -0.122. The van der Waals surface area contributed by atoms with Crippen molar-refractivity contribution in [2.75, 3.05) is 13.7 Å². The molecule has 0 spiro atoms. The summed E-state index contributed by atoms with van der Waals surface area (Å²) >= 11 is 0. The zero-order chi connectivity index (χ0) is 18.1. The second kappa shape index (κ2) is 9.07. The van der Waals surface area contributed by atoms with Gasteiger partial charge in [0.15, 0.2) is 6.61 Å². The number of nitrogens with one attached hydrogen (secondary N) is 2. The average Bonchev–Trinajstić information content (AvgIpc) is 2.65. The van der Waals surface area contributed by atoms with Crippen molar-refractivity contribution >= 4 is 17.9 Å². The molecule has 0 aliphatic heterocycles. The molecular formula is C18H18N2O5. The van der Waals surface area contributed by atoms with Gasteiger partial charge < -0.3 is 14.8 Å². The second-order valence-corrected chi connectivity index (χ2v) is 5.00. The van der Waals surface area contributed by atoms with Crippen LogP contribution in [0.5, 0.6) is 5.75 Å². The molecule has 3 amide bonds. The lowest BCUT2D eigenvalue weighted by Gasteiger charge is -2.08. The Morgan fingerprint density at radius 2 is 1.64 bits per heavy atom. The lowest BCUT2D eigenvalue weighted by atomic mass is 10.2. The first-order valence-corrected chi connectivity index (χ1v) is 7.54. The molecule has 2 aromatic carbocycles. The van der Waals surface area contributed by atoms with Gasteiger partial charge in [-0.3, -0.25) is 10.1 Å². The van der Waals surface area contributed by atoms with Gasteiger partial charge in [-0.15, -0.1) is 0 Å². The van der Waals surface area contributed by atoms with E-state index in [1.54, 1.807) is 24.3 Å². The third-order valence-corrected chi connectivity index (χ3v) is 3.15. The summed E-state index contributed by atoms with van der Waals surface area (Å²) in [5, 5.41) is 4.21. The number of carbonyl (C=O) groups is 3. The van der Waals surface area contributed by atoms with E-state index in [0.29, 0.717) is 12.4 Å². The number of hydrogen-bond donors (Lipinski definition) is 2. The molecule has 0 aliphatic rings. The summed E-state index contributed by atoms with van der Waals surface area (Å²) in [7, 11) is 1.37. The lowest BCUT2D eigenvalue weighted by Crippen LogP contribution is -2.39. The summed E-state index contributed by atoms with van der Waals surface area (Å²) in [5.41, 5.74) is 1.31. The van der Waals surface area contributed by atoms with Crippen LogP contribution in [0, 0.1) is 0 Å². The van der Waals surface area contributed by atoms with Gasteiger partial charge in [0.1, 0.15) is 12.4 Å². The molecule has 7 heteroatoms. The Bertz CT molecular complexity index is 729. The smallest absolute Gasteiger partial charge is 0.338 e. The number of ether oxygens (including phenoxy) is 2. The highest BCUT2D eigenvalue weighted by molar-refractivity contribution is 5.96. The van der Waals surface area contributed by atoms with Crippen molar-refractivity contribution < 1.29 is 23.9 Å². The molecule has 0 atom stereocenters. The number of benzene rings is 2. The molecule has 7 nitrogen and oxygen atoms in total. The van der Waals surface area contributed by atoms with E-state index in [2.05, 4.69) is 5.32 Å². The topological polar surface area (TPSA) is 93.7 Å². The van der Waals surface area contributed by atoms with Crippen molar-refractivity contribution in [2.45, 2.75) is 6.61 Å². The van der Waals surface area contributed by atoms with E-state index in [4.69, 9.17) is 9.47 Å². The zero-order valence-electron chi connectivity index (χ0n) is 13.7. The highest BCUT2D eigenvalue weighted by Gasteiger charge is 2.12. The van der Waals surface area contributed by atoms with Crippen LogP contribution in [0.15, 0.2) is 54.6 Å². The van der Waals surface area contributed by atoms with Crippen LogP contribution in [0.4, 0.5) is 4.79 Å². The molecule has 2 aromatic rings. The van der Waals surface area contributed by atoms with Crippen LogP contribution < -0.4 is 15.4 Å². The number of urea groups is 1. The summed E-state index contributed by atoms with van der Waals surface area (Å²) < 4.78 is 10.5. The van der Waals surface area contributed by atoms with Gasteiger partial charge in [0, 0.05) is 7.05 Å². The molecule has 0 bridgehead atoms. The van der Waals surface area contributed by atoms with Crippen LogP contribution >= 0.6 is 0 Å². The quantitative estimate of drug-likeness (QED) is 0.782. The van der Waals surface area contributed by atoms with Crippen LogP contribution in [-0.4, -0.2) is 31.6 Å². The van der Waals surface area contributed by atoms with Gasteiger partial charge in [0.2, 0.25) is 0 Å². The largest absolute Gasteiger partial charge is 0.489 e. The summed E-state index contributed by atoms with van der Waals surface area (Å²) in [6.07, 6.45) is 0. The van der Waals surface area contributed by atoms with Crippen LogP contribution in [-0.2, 0) is 16.1 Å².